The monoisotopic (exact) mass is 326 g/mol. The highest BCUT2D eigenvalue weighted by Crippen LogP contribution is 2.21. The SMILES string of the molecule is Cc1cc(C)cc(Cn2cc(S(=O)(=O)Cl)nc2C(C)C)c1. The van der Waals surface area contributed by atoms with Crippen molar-refractivity contribution in [3.63, 3.8) is 0 Å². The van der Waals surface area contributed by atoms with Gasteiger partial charge >= 0.3 is 0 Å². The van der Waals surface area contributed by atoms with Gasteiger partial charge in [-0.05, 0) is 19.4 Å². The smallest absolute Gasteiger partial charge is 0.280 e. The van der Waals surface area contributed by atoms with Crippen LogP contribution in [0.15, 0.2) is 29.4 Å². The molecule has 0 spiro atoms. The summed E-state index contributed by atoms with van der Waals surface area (Å²) in [5.41, 5.74) is 3.48. The fourth-order valence-corrected chi connectivity index (χ4v) is 3.15. The summed E-state index contributed by atoms with van der Waals surface area (Å²) in [4.78, 5) is 4.17. The van der Waals surface area contributed by atoms with Crippen LogP contribution >= 0.6 is 10.7 Å². The molecule has 1 aromatic heterocycles. The Kier molecular flexibility index (Phi) is 4.44. The number of hydrogen-bond acceptors (Lipinski definition) is 3. The van der Waals surface area contributed by atoms with Crippen molar-refractivity contribution in [2.45, 2.75) is 45.2 Å². The van der Waals surface area contributed by atoms with Crippen molar-refractivity contribution in [2.24, 2.45) is 0 Å². The van der Waals surface area contributed by atoms with Crippen molar-refractivity contribution < 1.29 is 8.42 Å². The molecule has 4 nitrogen and oxygen atoms in total. The summed E-state index contributed by atoms with van der Waals surface area (Å²) in [6, 6.07) is 6.29. The minimum atomic E-state index is -3.81. The molecule has 0 saturated carbocycles. The lowest BCUT2D eigenvalue weighted by Crippen LogP contribution is -2.06. The van der Waals surface area contributed by atoms with Crippen LogP contribution in [0.1, 0.15) is 42.3 Å². The molecular formula is C15H19ClN2O2S. The molecule has 1 aromatic carbocycles. The zero-order valence-electron chi connectivity index (χ0n) is 12.6. The van der Waals surface area contributed by atoms with Crippen LogP contribution in [0.25, 0.3) is 0 Å². The first-order chi connectivity index (χ1) is 9.66. The van der Waals surface area contributed by atoms with Crippen LogP contribution < -0.4 is 0 Å². The fraction of sp³-hybridized carbons (Fsp3) is 0.400. The highest BCUT2D eigenvalue weighted by molar-refractivity contribution is 8.13. The Morgan fingerprint density at radius 3 is 2.24 bits per heavy atom. The molecule has 6 heteroatoms. The first kappa shape index (κ1) is 16.0. The minimum Gasteiger partial charge on any atom is -0.329 e. The van der Waals surface area contributed by atoms with Gasteiger partial charge in [0.15, 0.2) is 5.03 Å². The van der Waals surface area contributed by atoms with Gasteiger partial charge in [-0.2, -0.15) is 0 Å². The van der Waals surface area contributed by atoms with Crippen LogP contribution in [0.2, 0.25) is 0 Å². The van der Waals surface area contributed by atoms with Crippen LogP contribution in [0.4, 0.5) is 0 Å². The lowest BCUT2D eigenvalue weighted by Gasteiger charge is -2.11. The number of aromatic nitrogens is 2. The van der Waals surface area contributed by atoms with Crippen LogP contribution in [0.3, 0.4) is 0 Å². The first-order valence-corrected chi connectivity index (χ1v) is 9.06. The van der Waals surface area contributed by atoms with E-state index in [2.05, 4.69) is 23.2 Å². The Hall–Kier alpha value is -1.33. The van der Waals surface area contributed by atoms with E-state index < -0.39 is 9.05 Å². The lowest BCUT2D eigenvalue weighted by molar-refractivity contribution is 0.606. The van der Waals surface area contributed by atoms with Crippen molar-refractivity contribution in [2.75, 3.05) is 0 Å². The minimum absolute atomic E-state index is 0.0859. The Morgan fingerprint density at radius 1 is 1.19 bits per heavy atom. The van der Waals surface area contributed by atoms with Crippen LogP contribution in [-0.4, -0.2) is 18.0 Å². The second-order valence-corrected chi connectivity index (χ2v) is 8.17. The third kappa shape index (κ3) is 3.86. The van der Waals surface area contributed by atoms with Gasteiger partial charge in [-0.25, -0.2) is 13.4 Å². The van der Waals surface area contributed by atoms with Crippen molar-refractivity contribution in [1.82, 2.24) is 9.55 Å². The zero-order chi connectivity index (χ0) is 15.8. The molecule has 0 aliphatic rings. The van der Waals surface area contributed by atoms with E-state index in [1.807, 2.05) is 32.3 Å². The van der Waals surface area contributed by atoms with Gasteiger partial charge in [-0.15, -0.1) is 0 Å². The number of aryl methyl sites for hydroxylation is 2. The molecule has 0 amide bonds. The molecule has 0 fully saturated rings. The lowest BCUT2D eigenvalue weighted by atomic mass is 10.1. The third-order valence-corrected chi connectivity index (χ3v) is 4.36. The van der Waals surface area contributed by atoms with Gasteiger partial charge < -0.3 is 4.57 Å². The Bertz CT molecular complexity index is 744. The Morgan fingerprint density at radius 2 is 1.76 bits per heavy atom. The average molecular weight is 327 g/mol. The standard InChI is InChI=1S/C15H19ClN2O2S/c1-10(2)15-17-14(21(16,19)20)9-18(15)8-13-6-11(3)5-12(4)7-13/h5-7,9-10H,8H2,1-4H3. The summed E-state index contributed by atoms with van der Waals surface area (Å²) in [6.07, 6.45) is 1.51. The molecule has 21 heavy (non-hydrogen) atoms. The summed E-state index contributed by atoms with van der Waals surface area (Å²) in [5, 5.41) is -0.0859. The van der Waals surface area contributed by atoms with E-state index in [4.69, 9.17) is 10.7 Å². The number of nitrogens with zero attached hydrogens (tertiary/aromatic N) is 2. The summed E-state index contributed by atoms with van der Waals surface area (Å²) in [6.45, 7) is 8.62. The molecule has 0 aliphatic heterocycles. The third-order valence-electron chi connectivity index (χ3n) is 3.19. The van der Waals surface area contributed by atoms with Gasteiger partial charge in [0.2, 0.25) is 0 Å². The summed E-state index contributed by atoms with van der Waals surface area (Å²) in [5.74, 6) is 0.830. The molecule has 0 saturated heterocycles. The Balaban J connectivity index is 2.45. The summed E-state index contributed by atoms with van der Waals surface area (Å²) >= 11 is 0. The first-order valence-electron chi connectivity index (χ1n) is 6.75. The molecule has 0 N–H and O–H groups in total. The van der Waals surface area contributed by atoms with Crippen LogP contribution in [0, 0.1) is 13.8 Å². The molecule has 2 aromatic rings. The number of imidazole rings is 1. The molecule has 114 valence electrons. The van der Waals surface area contributed by atoms with Gasteiger partial charge in [-0.1, -0.05) is 43.2 Å². The van der Waals surface area contributed by atoms with Crippen LogP contribution in [0.5, 0.6) is 0 Å². The van der Waals surface area contributed by atoms with Gasteiger partial charge in [0, 0.05) is 29.3 Å². The van der Waals surface area contributed by atoms with E-state index in [0.29, 0.717) is 12.4 Å². The molecule has 0 bridgehead atoms. The van der Waals surface area contributed by atoms with E-state index in [9.17, 15) is 8.42 Å². The number of hydrogen-bond donors (Lipinski definition) is 0. The van der Waals surface area contributed by atoms with Crippen molar-refractivity contribution in [1.29, 1.82) is 0 Å². The molecular weight excluding hydrogens is 308 g/mol. The van der Waals surface area contributed by atoms with Crippen molar-refractivity contribution in [3.05, 3.63) is 46.9 Å². The summed E-state index contributed by atoms with van der Waals surface area (Å²) in [7, 11) is 1.59. The van der Waals surface area contributed by atoms with Crippen LogP contribution in [-0.2, 0) is 15.6 Å². The number of halogens is 1. The van der Waals surface area contributed by atoms with Crippen molar-refractivity contribution >= 4 is 19.7 Å². The second-order valence-electron chi connectivity index (χ2n) is 5.65. The van der Waals surface area contributed by atoms with Gasteiger partial charge in [0.25, 0.3) is 9.05 Å². The molecule has 0 atom stereocenters. The predicted octanol–water partition coefficient (Wildman–Crippen LogP) is 3.60. The van der Waals surface area contributed by atoms with Gasteiger partial charge in [-0.3, -0.25) is 0 Å². The van der Waals surface area contributed by atoms with E-state index in [0.717, 1.165) is 5.56 Å². The van der Waals surface area contributed by atoms with E-state index in [-0.39, 0.29) is 10.9 Å². The van der Waals surface area contributed by atoms with Crippen molar-refractivity contribution in [3.8, 4) is 0 Å². The maximum atomic E-state index is 11.5. The van der Waals surface area contributed by atoms with E-state index in [1.54, 1.807) is 0 Å². The van der Waals surface area contributed by atoms with Gasteiger partial charge in [0.05, 0.1) is 0 Å². The second kappa shape index (κ2) is 5.81. The fourth-order valence-electron chi connectivity index (χ4n) is 2.47. The molecule has 0 aliphatic carbocycles. The maximum absolute atomic E-state index is 11.5. The highest BCUT2D eigenvalue weighted by Gasteiger charge is 2.19. The largest absolute Gasteiger partial charge is 0.329 e. The average Bonchev–Trinajstić information content (AvgIpc) is 2.71. The highest BCUT2D eigenvalue weighted by atomic mass is 35.7. The molecule has 2 rings (SSSR count). The predicted molar refractivity (Wildman–Crippen MR) is 84.4 cm³/mol. The zero-order valence-corrected chi connectivity index (χ0v) is 14.2. The maximum Gasteiger partial charge on any atom is 0.280 e. The number of benzene rings is 1. The topological polar surface area (TPSA) is 52.0 Å². The molecule has 0 unspecified atom stereocenters. The summed E-state index contributed by atoms with van der Waals surface area (Å²) < 4.78 is 24.8. The molecule has 0 radical (unpaired) electrons. The quantitative estimate of drug-likeness (QED) is 0.807. The van der Waals surface area contributed by atoms with Gasteiger partial charge in [0.1, 0.15) is 5.82 Å². The van der Waals surface area contributed by atoms with E-state index >= 15 is 0 Å². The molecule has 1 heterocycles. The number of rotatable bonds is 4. The normalized spacial score (nSPS) is 12.1. The Labute approximate surface area is 130 Å². The van der Waals surface area contributed by atoms with E-state index in [1.165, 1.54) is 17.3 Å².